The van der Waals surface area contributed by atoms with Crippen molar-refractivity contribution in [2.75, 3.05) is 19.7 Å². The Labute approximate surface area is 118 Å². The van der Waals surface area contributed by atoms with Crippen LogP contribution in [0.15, 0.2) is 0 Å². The van der Waals surface area contributed by atoms with Crippen molar-refractivity contribution in [1.82, 2.24) is 10.2 Å². The number of esters is 1. The minimum atomic E-state index is -0.806. The van der Waals surface area contributed by atoms with Crippen molar-refractivity contribution in [2.45, 2.75) is 39.2 Å². The Balaban J connectivity index is 2.33. The summed E-state index contributed by atoms with van der Waals surface area (Å²) >= 11 is 0. The fourth-order valence-electron chi connectivity index (χ4n) is 2.30. The summed E-state index contributed by atoms with van der Waals surface area (Å²) in [5.74, 6) is -1.53. The number of hydrogen-bond acceptors (Lipinski definition) is 4. The molecule has 0 radical (unpaired) electrons. The number of aliphatic carboxylic acids is 1. The van der Waals surface area contributed by atoms with Gasteiger partial charge in [0.2, 0.25) is 0 Å². The molecular formula is C13H22N2O5. The minimum Gasteiger partial charge on any atom is -0.481 e. The van der Waals surface area contributed by atoms with Crippen LogP contribution in [0.5, 0.6) is 0 Å². The molecule has 0 bridgehead atoms. The predicted octanol–water partition coefficient (Wildman–Crippen LogP) is 0.834. The highest BCUT2D eigenvalue weighted by molar-refractivity contribution is 5.76. The zero-order chi connectivity index (χ0) is 15.1. The van der Waals surface area contributed by atoms with Crippen molar-refractivity contribution in [3.63, 3.8) is 0 Å². The normalized spacial score (nSPS) is 22.2. The number of carboxylic acid groups (broad SMARTS) is 1. The number of carbonyl (C=O) groups excluding carboxylic acids is 2. The lowest BCUT2D eigenvalue weighted by atomic mass is 9.92. The molecule has 0 aromatic rings. The smallest absolute Gasteiger partial charge is 0.317 e. The Hall–Kier alpha value is -1.79. The van der Waals surface area contributed by atoms with Crippen LogP contribution in [-0.2, 0) is 14.3 Å². The van der Waals surface area contributed by atoms with Crippen LogP contribution in [0, 0.1) is 5.92 Å². The van der Waals surface area contributed by atoms with Gasteiger partial charge in [-0.3, -0.25) is 9.59 Å². The molecule has 0 saturated carbocycles. The van der Waals surface area contributed by atoms with Gasteiger partial charge in [-0.05, 0) is 26.7 Å². The molecule has 114 valence electrons. The van der Waals surface area contributed by atoms with Crippen LogP contribution in [0.2, 0.25) is 0 Å². The molecule has 2 N–H and O–H groups in total. The zero-order valence-corrected chi connectivity index (χ0v) is 11.9. The molecule has 2 amide bonds. The quantitative estimate of drug-likeness (QED) is 0.730. The van der Waals surface area contributed by atoms with Gasteiger partial charge >= 0.3 is 18.0 Å². The van der Waals surface area contributed by atoms with E-state index in [1.54, 1.807) is 11.8 Å². The van der Waals surface area contributed by atoms with E-state index in [0.29, 0.717) is 26.0 Å². The van der Waals surface area contributed by atoms with Crippen LogP contribution in [0.25, 0.3) is 0 Å². The summed E-state index contributed by atoms with van der Waals surface area (Å²) in [6.07, 6.45) is 1.06. The highest BCUT2D eigenvalue weighted by Gasteiger charge is 2.32. The number of rotatable bonds is 5. The van der Waals surface area contributed by atoms with Gasteiger partial charge in [0.25, 0.3) is 0 Å². The number of carboxylic acids is 1. The number of nitrogens with zero attached hydrogens (tertiary/aromatic N) is 1. The van der Waals surface area contributed by atoms with E-state index in [-0.39, 0.29) is 36.9 Å². The van der Waals surface area contributed by atoms with E-state index in [1.165, 1.54) is 0 Å². The molecule has 0 aromatic heterocycles. The van der Waals surface area contributed by atoms with Crippen LogP contribution < -0.4 is 5.32 Å². The summed E-state index contributed by atoms with van der Waals surface area (Å²) in [6, 6.07) is -0.377. The summed E-state index contributed by atoms with van der Waals surface area (Å²) in [4.78, 5) is 35.6. The topological polar surface area (TPSA) is 95.9 Å². The van der Waals surface area contributed by atoms with Gasteiger partial charge in [0.05, 0.1) is 18.9 Å². The molecular weight excluding hydrogens is 264 g/mol. The number of ether oxygens (including phenoxy) is 1. The maximum absolute atomic E-state index is 11.9. The van der Waals surface area contributed by atoms with Crippen molar-refractivity contribution in [2.24, 2.45) is 5.92 Å². The largest absolute Gasteiger partial charge is 0.481 e. The second kappa shape index (κ2) is 7.72. The molecule has 7 nitrogen and oxygen atoms in total. The highest BCUT2D eigenvalue weighted by atomic mass is 16.5. The van der Waals surface area contributed by atoms with E-state index in [4.69, 9.17) is 9.84 Å². The summed E-state index contributed by atoms with van der Waals surface area (Å²) in [6.45, 7) is 4.53. The van der Waals surface area contributed by atoms with E-state index in [1.807, 2.05) is 6.92 Å². The van der Waals surface area contributed by atoms with Crippen molar-refractivity contribution >= 4 is 18.0 Å². The number of nitrogens with one attached hydrogen (secondary N) is 1. The van der Waals surface area contributed by atoms with Crippen LogP contribution in [0.3, 0.4) is 0 Å². The predicted molar refractivity (Wildman–Crippen MR) is 71.2 cm³/mol. The van der Waals surface area contributed by atoms with Crippen LogP contribution in [0.4, 0.5) is 4.79 Å². The van der Waals surface area contributed by atoms with E-state index >= 15 is 0 Å². The molecule has 0 aliphatic carbocycles. The molecule has 1 rings (SSSR count). The SMILES string of the molecule is CCOC(=O)CCNC(=O)N1CCC(C(=O)O)CC1C. The number of amides is 2. The standard InChI is InChI=1S/C13H22N2O5/c1-3-20-11(16)4-6-14-13(19)15-7-5-10(12(17)18)8-9(15)2/h9-10H,3-8H2,1-2H3,(H,14,19)(H,17,18). The Bertz CT molecular complexity index is 372. The Morgan fingerprint density at radius 3 is 2.65 bits per heavy atom. The third kappa shape index (κ3) is 4.71. The lowest BCUT2D eigenvalue weighted by Crippen LogP contribution is -2.50. The number of carbonyl (C=O) groups is 3. The van der Waals surface area contributed by atoms with Crippen LogP contribution in [0.1, 0.15) is 33.1 Å². The maximum atomic E-state index is 11.9. The van der Waals surface area contributed by atoms with Gasteiger partial charge < -0.3 is 20.1 Å². The molecule has 1 saturated heterocycles. The average molecular weight is 286 g/mol. The molecule has 2 unspecified atom stereocenters. The van der Waals surface area contributed by atoms with Gasteiger partial charge in [-0.25, -0.2) is 4.79 Å². The summed E-state index contributed by atoms with van der Waals surface area (Å²) < 4.78 is 4.76. The summed E-state index contributed by atoms with van der Waals surface area (Å²) in [5.41, 5.74) is 0. The van der Waals surface area contributed by atoms with Gasteiger partial charge in [-0.15, -0.1) is 0 Å². The Morgan fingerprint density at radius 2 is 2.10 bits per heavy atom. The third-order valence-corrected chi connectivity index (χ3v) is 3.40. The first-order chi connectivity index (χ1) is 9.45. The van der Waals surface area contributed by atoms with Gasteiger partial charge in [-0.1, -0.05) is 0 Å². The lowest BCUT2D eigenvalue weighted by Gasteiger charge is -2.36. The lowest BCUT2D eigenvalue weighted by molar-refractivity contribution is -0.144. The minimum absolute atomic E-state index is 0.118. The van der Waals surface area contributed by atoms with Crippen molar-refractivity contribution < 1.29 is 24.2 Å². The van der Waals surface area contributed by atoms with E-state index in [0.717, 1.165) is 0 Å². The van der Waals surface area contributed by atoms with Crippen LogP contribution >= 0.6 is 0 Å². The number of hydrogen-bond donors (Lipinski definition) is 2. The van der Waals surface area contributed by atoms with E-state index < -0.39 is 5.97 Å². The molecule has 1 fully saturated rings. The van der Waals surface area contributed by atoms with Crippen molar-refractivity contribution in [3.8, 4) is 0 Å². The van der Waals surface area contributed by atoms with Crippen LogP contribution in [-0.4, -0.2) is 53.7 Å². The number of piperidine rings is 1. The van der Waals surface area contributed by atoms with Gasteiger partial charge in [0.1, 0.15) is 0 Å². The maximum Gasteiger partial charge on any atom is 0.317 e. The van der Waals surface area contributed by atoms with Crippen molar-refractivity contribution in [3.05, 3.63) is 0 Å². The molecule has 0 aromatic carbocycles. The van der Waals surface area contributed by atoms with Gasteiger partial charge in [0.15, 0.2) is 0 Å². The molecule has 20 heavy (non-hydrogen) atoms. The average Bonchev–Trinajstić information content (AvgIpc) is 2.38. The summed E-state index contributed by atoms with van der Waals surface area (Å²) in [5, 5.41) is 11.6. The van der Waals surface area contributed by atoms with Crippen molar-refractivity contribution in [1.29, 1.82) is 0 Å². The molecule has 1 aliphatic rings. The van der Waals surface area contributed by atoms with E-state index in [9.17, 15) is 14.4 Å². The fraction of sp³-hybridized carbons (Fsp3) is 0.769. The van der Waals surface area contributed by atoms with E-state index in [2.05, 4.69) is 5.32 Å². The number of urea groups is 1. The third-order valence-electron chi connectivity index (χ3n) is 3.40. The first-order valence-electron chi connectivity index (χ1n) is 6.88. The number of likely N-dealkylation sites (tertiary alicyclic amines) is 1. The zero-order valence-electron chi connectivity index (χ0n) is 11.9. The Kier molecular flexibility index (Phi) is 6.27. The van der Waals surface area contributed by atoms with Gasteiger partial charge in [-0.2, -0.15) is 0 Å². The second-order valence-corrected chi connectivity index (χ2v) is 4.89. The monoisotopic (exact) mass is 286 g/mol. The molecule has 1 aliphatic heterocycles. The van der Waals surface area contributed by atoms with Gasteiger partial charge in [0, 0.05) is 19.1 Å². The first-order valence-corrected chi connectivity index (χ1v) is 6.88. The molecule has 1 heterocycles. The fourth-order valence-corrected chi connectivity index (χ4v) is 2.30. The molecule has 2 atom stereocenters. The first kappa shape index (κ1) is 16.3. The second-order valence-electron chi connectivity index (χ2n) is 4.89. The Morgan fingerprint density at radius 1 is 1.40 bits per heavy atom. The summed E-state index contributed by atoms with van der Waals surface area (Å²) in [7, 11) is 0. The molecule has 0 spiro atoms. The molecule has 7 heteroatoms. The highest BCUT2D eigenvalue weighted by Crippen LogP contribution is 2.22.